The Bertz CT molecular complexity index is 550. The van der Waals surface area contributed by atoms with E-state index in [1.54, 1.807) is 0 Å². The van der Waals surface area contributed by atoms with Crippen molar-refractivity contribution in [3.63, 3.8) is 0 Å². The lowest BCUT2D eigenvalue weighted by Gasteiger charge is -2.16. The molecule has 0 bridgehead atoms. The van der Waals surface area contributed by atoms with Crippen LogP contribution in [-0.4, -0.2) is 5.33 Å². The first-order valence-corrected chi connectivity index (χ1v) is 7.77. The number of benzene rings is 2. The lowest BCUT2D eigenvalue weighted by molar-refractivity contribution is 0.577. The minimum atomic E-state index is -0.532. The molecule has 0 aliphatic rings. The van der Waals surface area contributed by atoms with E-state index in [4.69, 9.17) is 0 Å². The van der Waals surface area contributed by atoms with Gasteiger partial charge in [-0.05, 0) is 41.7 Å². The Hall–Kier alpha value is -0.740. The number of hydrogen-bond donors (Lipinski definition) is 0. The summed E-state index contributed by atoms with van der Waals surface area (Å²) < 4.78 is 27.4. The second kappa shape index (κ2) is 6.62. The summed E-state index contributed by atoms with van der Waals surface area (Å²) in [6, 6.07) is 11.6. The first-order chi connectivity index (χ1) is 9.10. The van der Waals surface area contributed by atoms with Gasteiger partial charge in [0.2, 0.25) is 0 Å². The normalized spacial score (nSPS) is 12.4. The van der Waals surface area contributed by atoms with E-state index < -0.39 is 11.6 Å². The summed E-state index contributed by atoms with van der Waals surface area (Å²) in [6.45, 7) is 0. The average Bonchev–Trinajstić information content (AvgIpc) is 2.36. The van der Waals surface area contributed by atoms with Crippen LogP contribution >= 0.6 is 31.9 Å². The summed E-state index contributed by atoms with van der Waals surface area (Å²) in [6.07, 6.45) is 0.586. The Balaban J connectivity index is 2.26. The molecule has 1 unspecified atom stereocenters. The van der Waals surface area contributed by atoms with Gasteiger partial charge in [0.25, 0.3) is 0 Å². The highest BCUT2D eigenvalue weighted by Crippen LogP contribution is 2.29. The topological polar surface area (TPSA) is 0 Å². The molecule has 0 N–H and O–H groups in total. The van der Waals surface area contributed by atoms with Crippen LogP contribution in [0.3, 0.4) is 0 Å². The first-order valence-electron chi connectivity index (χ1n) is 5.85. The molecule has 0 fully saturated rings. The van der Waals surface area contributed by atoms with Crippen LogP contribution in [0.1, 0.15) is 17.0 Å². The average molecular weight is 390 g/mol. The van der Waals surface area contributed by atoms with Crippen molar-refractivity contribution in [1.82, 2.24) is 0 Å². The Kier molecular flexibility index (Phi) is 5.11. The zero-order valence-electron chi connectivity index (χ0n) is 10.0. The molecule has 0 aliphatic carbocycles. The van der Waals surface area contributed by atoms with Gasteiger partial charge in [0, 0.05) is 15.9 Å². The van der Waals surface area contributed by atoms with Crippen molar-refractivity contribution in [1.29, 1.82) is 0 Å². The molecule has 0 saturated carbocycles. The van der Waals surface area contributed by atoms with Crippen molar-refractivity contribution in [3.8, 4) is 0 Å². The van der Waals surface area contributed by atoms with E-state index in [9.17, 15) is 8.78 Å². The van der Waals surface area contributed by atoms with Gasteiger partial charge in [0.05, 0.1) is 0 Å². The highest BCUT2D eigenvalue weighted by Gasteiger charge is 2.14. The molecule has 0 radical (unpaired) electrons. The largest absolute Gasteiger partial charge is 0.207 e. The van der Waals surface area contributed by atoms with Crippen LogP contribution in [0.15, 0.2) is 46.9 Å². The summed E-state index contributed by atoms with van der Waals surface area (Å²) in [5.74, 6) is -0.900. The monoisotopic (exact) mass is 388 g/mol. The summed E-state index contributed by atoms with van der Waals surface area (Å²) in [5.41, 5.74) is 1.79. The maximum Gasteiger partial charge on any atom is 0.126 e. The maximum atomic E-state index is 13.2. The van der Waals surface area contributed by atoms with Crippen LogP contribution in [0.5, 0.6) is 0 Å². The number of alkyl halides is 1. The number of hydrogen-bond acceptors (Lipinski definition) is 0. The molecule has 19 heavy (non-hydrogen) atoms. The van der Waals surface area contributed by atoms with Gasteiger partial charge in [-0.3, -0.25) is 0 Å². The molecule has 2 aromatic rings. The van der Waals surface area contributed by atoms with Crippen LogP contribution in [-0.2, 0) is 6.42 Å². The minimum absolute atomic E-state index is 0.164. The third-order valence-corrected chi connectivity index (χ3v) is 4.44. The molecule has 0 heterocycles. The summed E-state index contributed by atoms with van der Waals surface area (Å²) in [7, 11) is 0. The maximum absolute atomic E-state index is 13.2. The van der Waals surface area contributed by atoms with Gasteiger partial charge < -0.3 is 0 Å². The van der Waals surface area contributed by atoms with Gasteiger partial charge in [-0.2, -0.15) is 0 Å². The molecule has 2 rings (SSSR count). The molecule has 0 nitrogen and oxygen atoms in total. The fourth-order valence-corrected chi connectivity index (χ4v) is 3.25. The Morgan fingerprint density at radius 3 is 2.21 bits per heavy atom. The molecule has 0 aromatic heterocycles. The van der Waals surface area contributed by atoms with Crippen LogP contribution < -0.4 is 0 Å². The van der Waals surface area contributed by atoms with Gasteiger partial charge >= 0.3 is 0 Å². The Morgan fingerprint density at radius 1 is 1.00 bits per heavy atom. The highest BCUT2D eigenvalue weighted by atomic mass is 79.9. The zero-order valence-corrected chi connectivity index (χ0v) is 13.2. The number of halogens is 4. The van der Waals surface area contributed by atoms with E-state index in [0.717, 1.165) is 21.4 Å². The summed E-state index contributed by atoms with van der Waals surface area (Å²) in [4.78, 5) is 0. The van der Waals surface area contributed by atoms with Gasteiger partial charge in [-0.25, -0.2) is 8.78 Å². The van der Waals surface area contributed by atoms with E-state index in [1.807, 2.05) is 24.3 Å². The van der Waals surface area contributed by atoms with Gasteiger partial charge in [-0.1, -0.05) is 50.1 Å². The first kappa shape index (κ1) is 14.7. The van der Waals surface area contributed by atoms with E-state index in [1.165, 1.54) is 12.1 Å². The molecule has 4 heteroatoms. The van der Waals surface area contributed by atoms with E-state index in [-0.39, 0.29) is 5.92 Å². The fourth-order valence-electron chi connectivity index (χ4n) is 2.07. The summed E-state index contributed by atoms with van der Waals surface area (Å²) >= 11 is 6.98. The Labute approximate surface area is 128 Å². The van der Waals surface area contributed by atoms with Crippen LogP contribution in [0, 0.1) is 11.6 Å². The van der Waals surface area contributed by atoms with Crippen molar-refractivity contribution in [3.05, 3.63) is 69.7 Å². The lowest BCUT2D eigenvalue weighted by Crippen LogP contribution is -2.06. The molecule has 0 saturated heterocycles. The molecular weight excluding hydrogens is 378 g/mol. The molecule has 1 atom stereocenters. The van der Waals surface area contributed by atoms with Gasteiger partial charge in [0.1, 0.15) is 11.6 Å². The molecular formula is C15H12Br2F2. The highest BCUT2D eigenvalue weighted by molar-refractivity contribution is 9.10. The molecule has 2 aromatic carbocycles. The SMILES string of the molecule is Fc1cc(F)cc(CC(CBr)c2ccccc2Br)c1. The smallest absolute Gasteiger partial charge is 0.126 e. The summed E-state index contributed by atoms with van der Waals surface area (Å²) in [5, 5.41) is 0.730. The van der Waals surface area contributed by atoms with Gasteiger partial charge in [-0.15, -0.1) is 0 Å². The van der Waals surface area contributed by atoms with Crippen LogP contribution in [0.25, 0.3) is 0 Å². The van der Waals surface area contributed by atoms with Crippen molar-refractivity contribution in [2.24, 2.45) is 0 Å². The van der Waals surface area contributed by atoms with Crippen LogP contribution in [0.4, 0.5) is 8.78 Å². The van der Waals surface area contributed by atoms with Gasteiger partial charge in [0.15, 0.2) is 0 Å². The lowest BCUT2D eigenvalue weighted by atomic mass is 9.93. The van der Waals surface area contributed by atoms with Crippen LogP contribution in [0.2, 0.25) is 0 Å². The van der Waals surface area contributed by atoms with Crippen molar-refractivity contribution >= 4 is 31.9 Å². The van der Waals surface area contributed by atoms with E-state index in [2.05, 4.69) is 31.9 Å². The fraction of sp³-hybridized carbons (Fsp3) is 0.200. The second-order valence-electron chi connectivity index (χ2n) is 4.35. The van der Waals surface area contributed by atoms with Crippen molar-refractivity contribution in [2.75, 3.05) is 5.33 Å². The van der Waals surface area contributed by atoms with Crippen molar-refractivity contribution in [2.45, 2.75) is 12.3 Å². The number of rotatable bonds is 4. The third-order valence-electron chi connectivity index (χ3n) is 2.94. The predicted octanol–water partition coefficient (Wildman–Crippen LogP) is 5.45. The predicted molar refractivity (Wildman–Crippen MR) is 80.7 cm³/mol. The third kappa shape index (κ3) is 3.86. The zero-order chi connectivity index (χ0) is 13.8. The van der Waals surface area contributed by atoms with E-state index >= 15 is 0 Å². The quantitative estimate of drug-likeness (QED) is 0.610. The van der Waals surface area contributed by atoms with Crippen molar-refractivity contribution < 1.29 is 8.78 Å². The molecule has 0 spiro atoms. The van der Waals surface area contributed by atoms with E-state index in [0.29, 0.717) is 12.0 Å². The Morgan fingerprint density at radius 2 is 1.63 bits per heavy atom. The molecule has 0 aliphatic heterocycles. The molecule has 100 valence electrons. The standard InChI is InChI=1S/C15H12Br2F2/c16-9-11(14-3-1-2-4-15(14)17)5-10-6-12(18)8-13(19)7-10/h1-4,6-8,11H,5,9H2. The second-order valence-corrected chi connectivity index (χ2v) is 5.86. The minimum Gasteiger partial charge on any atom is -0.207 e. The molecule has 0 amide bonds.